The maximum atomic E-state index is 12.6. The minimum Gasteiger partial charge on any atom is -0.434 e. The molecule has 0 spiro atoms. The third-order valence-electron chi connectivity index (χ3n) is 4.17. The van der Waals surface area contributed by atoms with Crippen LogP contribution in [0, 0.1) is 10.1 Å². The van der Waals surface area contributed by atoms with Gasteiger partial charge in [-0.05, 0) is 18.2 Å². The van der Waals surface area contributed by atoms with Gasteiger partial charge in [0.05, 0.1) is 11.6 Å². The van der Waals surface area contributed by atoms with Crippen LogP contribution in [0.15, 0.2) is 40.8 Å². The summed E-state index contributed by atoms with van der Waals surface area (Å²) in [5, 5.41) is 10.6. The maximum Gasteiger partial charge on any atom is 0.433 e. The number of nitro groups is 1. The summed E-state index contributed by atoms with van der Waals surface area (Å²) in [6.07, 6.45) is 0. The maximum absolute atomic E-state index is 12.6. The second-order valence-electron chi connectivity index (χ2n) is 5.85. The largest absolute Gasteiger partial charge is 0.434 e. The molecule has 1 fully saturated rings. The van der Waals surface area contributed by atoms with Gasteiger partial charge < -0.3 is 19.0 Å². The minimum absolute atomic E-state index is 0.00392. The highest BCUT2D eigenvalue weighted by molar-refractivity contribution is 5.97. The summed E-state index contributed by atoms with van der Waals surface area (Å²) >= 11 is 0. The van der Waals surface area contributed by atoms with Gasteiger partial charge in [-0.2, -0.15) is 8.78 Å². The van der Waals surface area contributed by atoms with Gasteiger partial charge in [-0.1, -0.05) is 12.1 Å². The zero-order valence-corrected chi connectivity index (χ0v) is 14.4. The number of rotatable bonds is 5. The quantitative estimate of drug-likeness (QED) is 0.568. The zero-order valence-electron chi connectivity index (χ0n) is 14.4. The van der Waals surface area contributed by atoms with Crippen LogP contribution in [0.25, 0.3) is 0 Å². The normalized spacial score (nSPS) is 14.2. The summed E-state index contributed by atoms with van der Waals surface area (Å²) in [7, 11) is 0. The van der Waals surface area contributed by atoms with Gasteiger partial charge in [0.2, 0.25) is 0 Å². The number of amides is 2. The molecule has 0 N–H and O–H groups in total. The van der Waals surface area contributed by atoms with Gasteiger partial charge in [-0.15, -0.1) is 0 Å². The Kier molecular flexibility index (Phi) is 5.52. The van der Waals surface area contributed by atoms with Crippen LogP contribution < -0.4 is 4.74 Å². The molecular formula is C17H15F2N3O6. The summed E-state index contributed by atoms with van der Waals surface area (Å²) in [5.41, 5.74) is 0.00392. The number of furan rings is 1. The second kappa shape index (κ2) is 8.03. The summed E-state index contributed by atoms with van der Waals surface area (Å²) < 4.78 is 34.3. The number of para-hydroxylation sites is 1. The molecule has 28 heavy (non-hydrogen) atoms. The van der Waals surface area contributed by atoms with Gasteiger partial charge in [0, 0.05) is 26.2 Å². The van der Waals surface area contributed by atoms with Gasteiger partial charge in [0.15, 0.2) is 5.76 Å². The molecule has 3 rings (SSSR count). The molecule has 0 atom stereocenters. The van der Waals surface area contributed by atoms with Crippen molar-refractivity contribution < 1.29 is 32.4 Å². The number of halogens is 2. The molecule has 0 unspecified atom stereocenters. The lowest BCUT2D eigenvalue weighted by Gasteiger charge is -2.34. The van der Waals surface area contributed by atoms with Crippen LogP contribution in [-0.2, 0) is 0 Å². The van der Waals surface area contributed by atoms with Crippen molar-refractivity contribution in [3.05, 3.63) is 57.8 Å². The molecular weight excluding hydrogens is 380 g/mol. The fraction of sp³-hybridized carbons (Fsp3) is 0.294. The lowest BCUT2D eigenvalue weighted by atomic mass is 10.1. The lowest BCUT2D eigenvalue weighted by Crippen LogP contribution is -2.50. The Labute approximate surface area is 157 Å². The monoisotopic (exact) mass is 395 g/mol. The number of piperazine rings is 1. The molecule has 0 bridgehead atoms. The molecule has 1 saturated heterocycles. The number of carbonyl (C=O) groups is 2. The number of hydrogen-bond donors (Lipinski definition) is 0. The Morgan fingerprint density at radius 3 is 2.21 bits per heavy atom. The van der Waals surface area contributed by atoms with Crippen molar-refractivity contribution in [1.29, 1.82) is 0 Å². The molecule has 148 valence electrons. The predicted molar refractivity (Wildman–Crippen MR) is 90.2 cm³/mol. The van der Waals surface area contributed by atoms with Crippen molar-refractivity contribution in [2.45, 2.75) is 6.61 Å². The molecule has 1 aliphatic heterocycles. The first-order valence-electron chi connectivity index (χ1n) is 8.23. The first-order chi connectivity index (χ1) is 13.4. The SMILES string of the molecule is O=C(c1ccc([N+](=O)[O-])o1)N1CCN(C(=O)c2ccccc2OC(F)F)CC1. The minimum atomic E-state index is -3.05. The molecule has 0 radical (unpaired) electrons. The molecule has 2 heterocycles. The summed E-state index contributed by atoms with van der Waals surface area (Å²) in [6.45, 7) is -2.40. The van der Waals surface area contributed by atoms with Crippen molar-refractivity contribution in [3.8, 4) is 5.75 Å². The predicted octanol–water partition coefficient (Wildman–Crippen LogP) is 2.39. The van der Waals surface area contributed by atoms with E-state index in [1.807, 2.05) is 0 Å². The fourth-order valence-electron chi connectivity index (χ4n) is 2.82. The van der Waals surface area contributed by atoms with E-state index in [-0.39, 0.29) is 43.3 Å². The Morgan fingerprint density at radius 1 is 1.04 bits per heavy atom. The average molecular weight is 395 g/mol. The number of alkyl halides is 2. The molecule has 2 aromatic rings. The molecule has 2 amide bonds. The van der Waals surface area contributed by atoms with E-state index < -0.39 is 29.2 Å². The highest BCUT2D eigenvalue weighted by Gasteiger charge is 2.29. The number of ether oxygens (including phenoxy) is 1. The lowest BCUT2D eigenvalue weighted by molar-refractivity contribution is -0.402. The zero-order chi connectivity index (χ0) is 20.3. The first-order valence-corrected chi connectivity index (χ1v) is 8.23. The summed E-state index contributed by atoms with van der Waals surface area (Å²) in [4.78, 5) is 37.7. The second-order valence-corrected chi connectivity index (χ2v) is 5.85. The Bertz CT molecular complexity index is 893. The van der Waals surface area contributed by atoms with Crippen LogP contribution in [0.2, 0.25) is 0 Å². The van der Waals surface area contributed by atoms with Crippen LogP contribution in [0.5, 0.6) is 5.75 Å². The summed E-state index contributed by atoms with van der Waals surface area (Å²) in [5.74, 6) is -1.93. The Morgan fingerprint density at radius 2 is 1.64 bits per heavy atom. The van der Waals surface area contributed by atoms with Crippen molar-refractivity contribution in [2.75, 3.05) is 26.2 Å². The number of nitrogens with zero attached hydrogens (tertiary/aromatic N) is 3. The Balaban J connectivity index is 1.64. The van der Waals surface area contributed by atoms with E-state index in [1.54, 1.807) is 0 Å². The average Bonchev–Trinajstić information content (AvgIpc) is 3.17. The van der Waals surface area contributed by atoms with E-state index in [1.165, 1.54) is 40.1 Å². The van der Waals surface area contributed by atoms with Gasteiger partial charge in [0.25, 0.3) is 11.8 Å². The first kappa shape index (κ1) is 19.3. The topological polar surface area (TPSA) is 106 Å². The van der Waals surface area contributed by atoms with Crippen molar-refractivity contribution in [3.63, 3.8) is 0 Å². The van der Waals surface area contributed by atoms with Crippen molar-refractivity contribution >= 4 is 17.7 Å². The molecule has 0 aliphatic carbocycles. The third-order valence-corrected chi connectivity index (χ3v) is 4.17. The van der Waals surface area contributed by atoms with E-state index in [0.717, 1.165) is 6.07 Å². The van der Waals surface area contributed by atoms with Crippen LogP contribution in [0.1, 0.15) is 20.9 Å². The molecule has 0 saturated carbocycles. The van der Waals surface area contributed by atoms with E-state index in [2.05, 4.69) is 4.74 Å². The third kappa shape index (κ3) is 4.08. The highest BCUT2D eigenvalue weighted by Crippen LogP contribution is 2.23. The standard InChI is InChI=1S/C17H15F2N3O6/c18-17(19)28-12-4-2-1-3-11(12)15(23)20-7-9-21(10-8-20)16(24)13-5-6-14(27-13)22(25)26/h1-6,17H,7-10H2. The Hall–Kier alpha value is -3.50. The van der Waals surface area contributed by atoms with E-state index in [0.29, 0.717) is 0 Å². The van der Waals surface area contributed by atoms with Crippen LogP contribution >= 0.6 is 0 Å². The summed E-state index contributed by atoms with van der Waals surface area (Å²) in [6, 6.07) is 7.99. The number of benzene rings is 1. The molecule has 1 aromatic heterocycles. The van der Waals surface area contributed by atoms with Gasteiger partial charge in [-0.3, -0.25) is 19.7 Å². The van der Waals surface area contributed by atoms with Gasteiger partial charge in [-0.25, -0.2) is 0 Å². The molecule has 9 nitrogen and oxygen atoms in total. The van der Waals surface area contributed by atoms with Crippen LogP contribution in [0.3, 0.4) is 0 Å². The molecule has 1 aromatic carbocycles. The van der Waals surface area contributed by atoms with E-state index >= 15 is 0 Å². The van der Waals surface area contributed by atoms with Crippen molar-refractivity contribution in [2.24, 2.45) is 0 Å². The van der Waals surface area contributed by atoms with Crippen molar-refractivity contribution in [1.82, 2.24) is 9.80 Å². The number of hydrogen-bond acceptors (Lipinski definition) is 6. The number of carbonyl (C=O) groups excluding carboxylic acids is 2. The van der Waals surface area contributed by atoms with E-state index in [9.17, 15) is 28.5 Å². The smallest absolute Gasteiger partial charge is 0.433 e. The van der Waals surface area contributed by atoms with Crippen LogP contribution in [0.4, 0.5) is 14.7 Å². The van der Waals surface area contributed by atoms with Gasteiger partial charge >= 0.3 is 12.5 Å². The van der Waals surface area contributed by atoms with Gasteiger partial charge in [0.1, 0.15) is 10.7 Å². The van der Waals surface area contributed by atoms with E-state index in [4.69, 9.17) is 4.42 Å². The molecule has 11 heteroatoms. The fourth-order valence-corrected chi connectivity index (χ4v) is 2.82. The molecule has 1 aliphatic rings. The van der Waals surface area contributed by atoms with Crippen LogP contribution in [-0.4, -0.2) is 59.3 Å². The highest BCUT2D eigenvalue weighted by atomic mass is 19.3.